The Hall–Kier alpha value is -2.26. The molecule has 10 heteroatoms. The van der Waals surface area contributed by atoms with Crippen molar-refractivity contribution < 1.29 is 26.3 Å². The molecule has 0 saturated heterocycles. The summed E-state index contributed by atoms with van der Waals surface area (Å²) in [4.78, 5) is 1.55. The van der Waals surface area contributed by atoms with Gasteiger partial charge in [0.1, 0.15) is 10.6 Å². The minimum Gasteiger partial charge on any atom is -0.495 e. The lowest BCUT2D eigenvalue weighted by Crippen LogP contribution is -2.19. The fourth-order valence-corrected chi connectivity index (χ4v) is 3.17. The number of hydrogen-bond acceptors (Lipinski definition) is 4. The van der Waals surface area contributed by atoms with Crippen molar-refractivity contribution in [3.05, 3.63) is 58.6 Å². The van der Waals surface area contributed by atoms with E-state index in [-0.39, 0.29) is 21.2 Å². The van der Waals surface area contributed by atoms with Crippen molar-refractivity contribution in [2.75, 3.05) is 7.11 Å². The Kier molecular flexibility index (Phi) is 5.58. The van der Waals surface area contributed by atoms with Crippen LogP contribution in [0.3, 0.4) is 0 Å². The lowest BCUT2D eigenvalue weighted by Gasteiger charge is -2.10. The summed E-state index contributed by atoms with van der Waals surface area (Å²) < 4.78 is 68.1. The third-order valence-corrected chi connectivity index (χ3v) is 4.54. The first-order valence-corrected chi connectivity index (χ1v) is 8.56. The number of benzene rings is 2. The van der Waals surface area contributed by atoms with Gasteiger partial charge in [-0.05, 0) is 24.3 Å². The predicted octanol–water partition coefficient (Wildman–Crippen LogP) is 3.68. The molecule has 0 aliphatic heterocycles. The van der Waals surface area contributed by atoms with E-state index in [4.69, 9.17) is 16.3 Å². The van der Waals surface area contributed by atoms with Gasteiger partial charge >= 0.3 is 6.18 Å². The van der Waals surface area contributed by atoms with Crippen molar-refractivity contribution in [1.82, 2.24) is 4.83 Å². The number of rotatable bonds is 5. The minimum absolute atomic E-state index is 0.0165. The standard InChI is InChI=1S/C15H12ClF3N2O3S/c1-24-13-7-6-11(16)8-14(13)25(22,23)21-20-9-10-4-2-3-5-12(10)15(17,18)19/h2-9,21H,1H3/b20-9+. The second kappa shape index (κ2) is 7.32. The summed E-state index contributed by atoms with van der Waals surface area (Å²) in [7, 11) is -2.91. The van der Waals surface area contributed by atoms with Gasteiger partial charge in [0, 0.05) is 10.6 Å². The molecule has 2 aromatic rings. The quantitative estimate of drug-likeness (QED) is 0.623. The zero-order valence-corrected chi connectivity index (χ0v) is 14.3. The van der Waals surface area contributed by atoms with Crippen LogP contribution in [0.5, 0.6) is 5.75 Å². The third kappa shape index (κ3) is 4.64. The van der Waals surface area contributed by atoms with E-state index in [0.29, 0.717) is 0 Å². The van der Waals surface area contributed by atoms with E-state index in [1.165, 1.54) is 37.4 Å². The van der Waals surface area contributed by atoms with Crippen LogP contribution in [0.2, 0.25) is 5.02 Å². The molecule has 0 radical (unpaired) electrons. The van der Waals surface area contributed by atoms with Crippen LogP contribution in [-0.2, 0) is 16.2 Å². The second-order valence-corrected chi connectivity index (χ2v) is 6.80. The van der Waals surface area contributed by atoms with Crippen LogP contribution >= 0.6 is 11.6 Å². The molecule has 25 heavy (non-hydrogen) atoms. The Balaban J connectivity index is 2.30. The Morgan fingerprint density at radius 2 is 1.88 bits per heavy atom. The highest BCUT2D eigenvalue weighted by Gasteiger charge is 2.32. The van der Waals surface area contributed by atoms with E-state index in [9.17, 15) is 21.6 Å². The maximum Gasteiger partial charge on any atom is 0.417 e. The van der Waals surface area contributed by atoms with Crippen LogP contribution in [0.1, 0.15) is 11.1 Å². The number of nitrogens with one attached hydrogen (secondary N) is 1. The molecule has 5 nitrogen and oxygen atoms in total. The molecular formula is C15H12ClF3N2O3S. The number of ether oxygens (including phenoxy) is 1. The monoisotopic (exact) mass is 392 g/mol. The summed E-state index contributed by atoms with van der Waals surface area (Å²) in [5, 5.41) is 3.55. The van der Waals surface area contributed by atoms with E-state index in [1.807, 2.05) is 4.83 Å². The van der Waals surface area contributed by atoms with Crippen molar-refractivity contribution in [1.29, 1.82) is 0 Å². The van der Waals surface area contributed by atoms with Gasteiger partial charge in [0.05, 0.1) is 18.9 Å². The van der Waals surface area contributed by atoms with Crippen LogP contribution in [0.25, 0.3) is 0 Å². The molecule has 2 aromatic carbocycles. The van der Waals surface area contributed by atoms with Gasteiger partial charge in [-0.3, -0.25) is 0 Å². The Labute approximate surface area is 147 Å². The van der Waals surface area contributed by atoms with Crippen molar-refractivity contribution >= 4 is 27.8 Å². The van der Waals surface area contributed by atoms with Crippen molar-refractivity contribution in [2.45, 2.75) is 11.1 Å². The maximum atomic E-state index is 12.9. The lowest BCUT2D eigenvalue weighted by molar-refractivity contribution is -0.137. The smallest absolute Gasteiger partial charge is 0.417 e. The van der Waals surface area contributed by atoms with Gasteiger partial charge in [-0.2, -0.15) is 31.5 Å². The fraction of sp³-hybridized carbons (Fsp3) is 0.133. The maximum absolute atomic E-state index is 12.9. The van der Waals surface area contributed by atoms with Crippen LogP contribution in [0, 0.1) is 0 Å². The minimum atomic E-state index is -4.59. The van der Waals surface area contributed by atoms with Crippen molar-refractivity contribution in [3.63, 3.8) is 0 Å². The van der Waals surface area contributed by atoms with Crippen LogP contribution in [0.4, 0.5) is 13.2 Å². The molecule has 0 aliphatic rings. The number of hydrogen-bond donors (Lipinski definition) is 1. The van der Waals surface area contributed by atoms with Gasteiger partial charge in [-0.1, -0.05) is 29.8 Å². The number of methoxy groups -OCH3 is 1. The van der Waals surface area contributed by atoms with Crippen LogP contribution in [-0.4, -0.2) is 21.7 Å². The number of alkyl halides is 3. The first-order valence-electron chi connectivity index (χ1n) is 6.70. The lowest BCUT2D eigenvalue weighted by atomic mass is 10.1. The van der Waals surface area contributed by atoms with Crippen molar-refractivity contribution in [3.8, 4) is 5.75 Å². The van der Waals surface area contributed by atoms with Gasteiger partial charge in [-0.25, -0.2) is 0 Å². The van der Waals surface area contributed by atoms with Gasteiger partial charge < -0.3 is 4.74 Å². The first kappa shape index (κ1) is 19.1. The number of halogens is 4. The molecule has 0 amide bonds. The van der Waals surface area contributed by atoms with Gasteiger partial charge in [0.25, 0.3) is 10.0 Å². The summed E-state index contributed by atoms with van der Waals surface area (Å²) in [5.41, 5.74) is -1.21. The molecule has 0 saturated carbocycles. The highest BCUT2D eigenvalue weighted by molar-refractivity contribution is 7.89. The molecule has 2 rings (SSSR count). The SMILES string of the molecule is COc1ccc(Cl)cc1S(=O)(=O)N/N=C/c1ccccc1C(F)(F)F. The average Bonchev–Trinajstić information content (AvgIpc) is 2.54. The number of nitrogens with zero attached hydrogens (tertiary/aromatic N) is 1. The number of hydrazone groups is 1. The molecule has 0 aliphatic carbocycles. The Morgan fingerprint density at radius 1 is 1.20 bits per heavy atom. The molecule has 134 valence electrons. The first-order chi connectivity index (χ1) is 11.6. The molecular weight excluding hydrogens is 381 g/mol. The third-order valence-electron chi connectivity index (χ3n) is 3.06. The molecule has 0 spiro atoms. The topological polar surface area (TPSA) is 67.8 Å². The fourth-order valence-electron chi connectivity index (χ4n) is 1.94. The van der Waals surface area contributed by atoms with Gasteiger partial charge in [0.15, 0.2) is 0 Å². The zero-order valence-electron chi connectivity index (χ0n) is 12.7. The van der Waals surface area contributed by atoms with Gasteiger partial charge in [0.2, 0.25) is 0 Å². The summed E-state index contributed by atoms with van der Waals surface area (Å²) in [5.74, 6) is 0.0165. The van der Waals surface area contributed by atoms with E-state index in [2.05, 4.69) is 5.10 Å². The zero-order chi connectivity index (χ0) is 18.7. The summed E-state index contributed by atoms with van der Waals surface area (Å²) in [6.07, 6.45) is -3.81. The highest BCUT2D eigenvalue weighted by Crippen LogP contribution is 2.31. The summed E-state index contributed by atoms with van der Waals surface area (Å²) >= 11 is 5.77. The Morgan fingerprint density at radius 3 is 2.52 bits per heavy atom. The van der Waals surface area contributed by atoms with E-state index >= 15 is 0 Å². The second-order valence-electron chi connectivity index (χ2n) is 4.73. The highest BCUT2D eigenvalue weighted by atomic mass is 35.5. The molecule has 0 fully saturated rings. The van der Waals surface area contributed by atoms with E-state index in [0.717, 1.165) is 18.3 Å². The molecule has 0 unspecified atom stereocenters. The largest absolute Gasteiger partial charge is 0.495 e. The summed E-state index contributed by atoms with van der Waals surface area (Å²) in [6.45, 7) is 0. The molecule has 0 aromatic heterocycles. The summed E-state index contributed by atoms with van der Waals surface area (Å²) in [6, 6.07) is 8.56. The average molecular weight is 393 g/mol. The van der Waals surface area contributed by atoms with Crippen LogP contribution in [0.15, 0.2) is 52.5 Å². The van der Waals surface area contributed by atoms with E-state index < -0.39 is 21.8 Å². The molecule has 0 bridgehead atoms. The van der Waals surface area contributed by atoms with Gasteiger partial charge in [-0.15, -0.1) is 0 Å². The molecule has 0 atom stereocenters. The molecule has 1 N–H and O–H groups in total. The molecule has 0 heterocycles. The van der Waals surface area contributed by atoms with Crippen LogP contribution < -0.4 is 9.57 Å². The number of sulfonamides is 1. The Bertz CT molecular complexity index is 899. The predicted molar refractivity (Wildman–Crippen MR) is 87.4 cm³/mol. The van der Waals surface area contributed by atoms with E-state index in [1.54, 1.807) is 0 Å². The van der Waals surface area contributed by atoms with Crippen molar-refractivity contribution in [2.24, 2.45) is 5.10 Å². The normalized spacial score (nSPS) is 12.4.